The lowest BCUT2D eigenvalue weighted by Gasteiger charge is -2.20. The average Bonchev–Trinajstić information content (AvgIpc) is 3.30. The number of hydrogen-bond acceptors (Lipinski definition) is 2. The van der Waals surface area contributed by atoms with Crippen LogP contribution in [0.4, 0.5) is 0 Å². The van der Waals surface area contributed by atoms with Crippen LogP contribution in [0, 0.1) is 17.8 Å². The second-order valence-electron chi connectivity index (χ2n) is 8.66. The lowest BCUT2D eigenvalue weighted by atomic mass is 9.86. The summed E-state index contributed by atoms with van der Waals surface area (Å²) in [5.74, 6) is 1.70. The number of amides is 1. The molecule has 31 heavy (non-hydrogen) atoms. The molecule has 0 spiro atoms. The zero-order valence-electron chi connectivity index (χ0n) is 19.2. The molecule has 1 N–H and O–H groups in total. The Morgan fingerprint density at radius 3 is 2.45 bits per heavy atom. The molecule has 3 heteroatoms. The largest absolute Gasteiger partial charge is 0.356 e. The molecular weight excluding hydrogens is 380 g/mol. The lowest BCUT2D eigenvalue weighted by Crippen LogP contribution is -2.29. The number of rotatable bonds is 9. The quantitative estimate of drug-likeness (QED) is 0.451. The molecular formula is C28H36N2O. The second-order valence-corrected chi connectivity index (χ2v) is 8.66. The molecule has 1 saturated carbocycles. The summed E-state index contributed by atoms with van der Waals surface area (Å²) in [6.07, 6.45) is 9.38. The molecule has 3 rings (SSSR count). The van der Waals surface area contributed by atoms with E-state index in [0.717, 1.165) is 38.6 Å². The van der Waals surface area contributed by atoms with Gasteiger partial charge in [0.1, 0.15) is 0 Å². The summed E-state index contributed by atoms with van der Waals surface area (Å²) in [6.45, 7) is 7.08. The predicted octanol–water partition coefficient (Wildman–Crippen LogP) is 6.75. The van der Waals surface area contributed by atoms with Gasteiger partial charge in [-0.2, -0.15) is 0 Å². The average molecular weight is 417 g/mol. The van der Waals surface area contributed by atoms with Crippen molar-refractivity contribution in [2.75, 3.05) is 6.54 Å². The highest BCUT2D eigenvalue weighted by Gasteiger charge is 2.33. The Morgan fingerprint density at radius 1 is 1.06 bits per heavy atom. The summed E-state index contributed by atoms with van der Waals surface area (Å²) >= 11 is 0. The third kappa shape index (κ3) is 6.40. The molecule has 2 aromatic carbocycles. The van der Waals surface area contributed by atoms with Crippen LogP contribution in [-0.2, 0) is 4.79 Å². The number of carbonyl (C=O) groups is 1. The van der Waals surface area contributed by atoms with E-state index in [1.54, 1.807) is 0 Å². The fraction of sp³-hybridized carbons (Fsp3) is 0.429. The third-order valence-electron chi connectivity index (χ3n) is 6.62. The van der Waals surface area contributed by atoms with Crippen LogP contribution < -0.4 is 5.32 Å². The monoisotopic (exact) mass is 416 g/mol. The minimum atomic E-state index is 0.205. The summed E-state index contributed by atoms with van der Waals surface area (Å²) in [5.41, 5.74) is 4.83. The zero-order valence-corrected chi connectivity index (χ0v) is 19.2. The van der Waals surface area contributed by atoms with Gasteiger partial charge in [-0.1, -0.05) is 67.9 Å². The maximum atomic E-state index is 12.1. The van der Waals surface area contributed by atoms with Crippen LogP contribution in [-0.4, -0.2) is 18.7 Å². The highest BCUT2D eigenvalue weighted by molar-refractivity contribution is 5.78. The van der Waals surface area contributed by atoms with Crippen molar-refractivity contribution >= 4 is 17.7 Å². The first kappa shape index (κ1) is 23.0. The Kier molecular flexibility index (Phi) is 8.63. The normalized spacial score (nSPS) is 20.2. The van der Waals surface area contributed by atoms with Gasteiger partial charge in [-0.25, -0.2) is 0 Å². The summed E-state index contributed by atoms with van der Waals surface area (Å²) in [5, 5.41) is 2.98. The van der Waals surface area contributed by atoms with E-state index in [1.165, 1.54) is 22.3 Å². The second kappa shape index (κ2) is 11.6. The van der Waals surface area contributed by atoms with Gasteiger partial charge in [0.05, 0.1) is 0 Å². The van der Waals surface area contributed by atoms with Gasteiger partial charge in [-0.05, 0) is 73.6 Å². The molecule has 3 unspecified atom stereocenters. The van der Waals surface area contributed by atoms with E-state index in [9.17, 15) is 4.79 Å². The van der Waals surface area contributed by atoms with Gasteiger partial charge in [0, 0.05) is 24.9 Å². The Balaban J connectivity index is 1.53. The Labute approximate surface area is 187 Å². The smallest absolute Gasteiger partial charge is 0.223 e. The number of aliphatic imine (C=N–C) groups is 1. The van der Waals surface area contributed by atoms with Crippen LogP contribution in [0.5, 0.6) is 0 Å². The summed E-state index contributed by atoms with van der Waals surface area (Å²) in [4.78, 5) is 16.7. The third-order valence-corrected chi connectivity index (χ3v) is 6.62. The highest BCUT2D eigenvalue weighted by Crippen LogP contribution is 2.38. The maximum Gasteiger partial charge on any atom is 0.223 e. The van der Waals surface area contributed by atoms with Gasteiger partial charge in [0.2, 0.25) is 5.91 Å². The molecule has 1 amide bonds. The Bertz CT molecular complexity index is 883. The van der Waals surface area contributed by atoms with Crippen molar-refractivity contribution in [3.05, 3.63) is 66.4 Å². The van der Waals surface area contributed by atoms with E-state index < -0.39 is 0 Å². The topological polar surface area (TPSA) is 41.5 Å². The lowest BCUT2D eigenvalue weighted by molar-refractivity contribution is -0.124. The van der Waals surface area contributed by atoms with Gasteiger partial charge in [0.25, 0.3) is 0 Å². The molecule has 2 aromatic rings. The van der Waals surface area contributed by atoms with Crippen LogP contribution in [0.25, 0.3) is 16.7 Å². The minimum Gasteiger partial charge on any atom is -0.356 e. The van der Waals surface area contributed by atoms with Crippen LogP contribution in [0.15, 0.2) is 65.8 Å². The van der Waals surface area contributed by atoms with Gasteiger partial charge in [-0.15, -0.1) is 0 Å². The van der Waals surface area contributed by atoms with E-state index >= 15 is 0 Å². The molecule has 164 valence electrons. The van der Waals surface area contributed by atoms with E-state index in [-0.39, 0.29) is 11.8 Å². The zero-order chi connectivity index (χ0) is 22.1. The van der Waals surface area contributed by atoms with Gasteiger partial charge in [0.15, 0.2) is 0 Å². The first-order valence-corrected chi connectivity index (χ1v) is 11.7. The summed E-state index contributed by atoms with van der Waals surface area (Å²) < 4.78 is 0. The van der Waals surface area contributed by atoms with Crippen LogP contribution >= 0.6 is 0 Å². The van der Waals surface area contributed by atoms with Crippen molar-refractivity contribution < 1.29 is 4.79 Å². The number of allylic oxidation sites excluding steroid dienone is 1. The van der Waals surface area contributed by atoms with E-state index in [0.29, 0.717) is 11.8 Å². The first-order valence-electron chi connectivity index (χ1n) is 11.7. The SMILES string of the molecule is CCNC(=O)C1CCC(C(CC)CC=NC=C(C)c2ccc(-c3ccccc3)cc2)C1. The van der Waals surface area contributed by atoms with Crippen molar-refractivity contribution in [1.29, 1.82) is 0 Å². The number of nitrogens with one attached hydrogen (secondary N) is 1. The Morgan fingerprint density at radius 2 is 1.77 bits per heavy atom. The first-order chi connectivity index (χ1) is 15.1. The van der Waals surface area contributed by atoms with Crippen LogP contribution in [0.2, 0.25) is 0 Å². The molecule has 1 aliphatic rings. The van der Waals surface area contributed by atoms with E-state index in [4.69, 9.17) is 0 Å². The molecule has 1 aliphatic carbocycles. The number of hydrogen-bond donors (Lipinski definition) is 1. The van der Waals surface area contributed by atoms with Gasteiger partial charge in [-0.3, -0.25) is 9.79 Å². The van der Waals surface area contributed by atoms with Crippen LogP contribution in [0.3, 0.4) is 0 Å². The molecule has 3 atom stereocenters. The molecule has 0 radical (unpaired) electrons. The number of nitrogens with zero attached hydrogens (tertiary/aromatic N) is 1. The van der Waals surface area contributed by atoms with Crippen LogP contribution in [0.1, 0.15) is 58.4 Å². The molecule has 3 nitrogen and oxygen atoms in total. The minimum absolute atomic E-state index is 0.205. The number of carbonyl (C=O) groups excluding carboxylic acids is 1. The predicted molar refractivity (Wildman–Crippen MR) is 132 cm³/mol. The van der Waals surface area contributed by atoms with Crippen molar-refractivity contribution in [3.63, 3.8) is 0 Å². The molecule has 0 heterocycles. The molecule has 1 fully saturated rings. The maximum absolute atomic E-state index is 12.1. The van der Waals surface area contributed by atoms with Gasteiger partial charge < -0.3 is 5.32 Å². The summed E-state index contributed by atoms with van der Waals surface area (Å²) in [7, 11) is 0. The standard InChI is InChI=1S/C28H36N2O/c1-4-22(26-15-16-27(19-26)28(31)30-5-2)17-18-29-20-21(3)23-11-13-25(14-12-23)24-9-7-6-8-10-24/h6-14,18,20,22,26-27H,4-5,15-17,19H2,1-3H3,(H,30,31). The van der Waals surface area contributed by atoms with Crippen molar-refractivity contribution in [2.45, 2.75) is 52.9 Å². The Hall–Kier alpha value is -2.68. The fourth-order valence-electron chi connectivity index (χ4n) is 4.69. The van der Waals surface area contributed by atoms with E-state index in [1.807, 2.05) is 19.2 Å². The van der Waals surface area contributed by atoms with Crippen molar-refractivity contribution in [3.8, 4) is 11.1 Å². The molecule has 0 bridgehead atoms. The summed E-state index contributed by atoms with van der Waals surface area (Å²) in [6, 6.07) is 19.1. The molecule has 0 aliphatic heterocycles. The van der Waals surface area contributed by atoms with Crippen molar-refractivity contribution in [2.24, 2.45) is 22.7 Å². The number of benzene rings is 2. The van der Waals surface area contributed by atoms with E-state index in [2.05, 4.69) is 78.9 Å². The van der Waals surface area contributed by atoms with Crippen molar-refractivity contribution in [1.82, 2.24) is 5.32 Å². The highest BCUT2D eigenvalue weighted by atomic mass is 16.1. The fourth-order valence-corrected chi connectivity index (χ4v) is 4.69. The molecule has 0 aromatic heterocycles. The molecule has 0 saturated heterocycles. The van der Waals surface area contributed by atoms with Gasteiger partial charge >= 0.3 is 0 Å².